The Kier molecular flexibility index (Phi) is 7.39. The van der Waals surface area contributed by atoms with E-state index < -0.39 is 6.10 Å². The normalized spacial score (nSPS) is 14.6. The third-order valence-electron chi connectivity index (χ3n) is 3.20. The molecule has 2 N–H and O–H groups in total. The highest BCUT2D eigenvalue weighted by atomic mass is 35.5. The zero-order valence-corrected chi connectivity index (χ0v) is 12.7. The van der Waals surface area contributed by atoms with Gasteiger partial charge in [-0.1, -0.05) is 43.6 Å². The molecule has 0 saturated carbocycles. The monoisotopic (exact) mass is 285 g/mol. The van der Waals surface area contributed by atoms with E-state index in [-0.39, 0.29) is 0 Å². The maximum absolute atomic E-state index is 9.81. The van der Waals surface area contributed by atoms with Gasteiger partial charge in [-0.15, -0.1) is 0 Å². The van der Waals surface area contributed by atoms with Crippen LogP contribution >= 0.6 is 11.6 Å². The summed E-state index contributed by atoms with van der Waals surface area (Å²) in [6.45, 7) is 7.69. The van der Waals surface area contributed by atoms with Crippen molar-refractivity contribution in [3.8, 4) is 0 Å². The van der Waals surface area contributed by atoms with Crippen LogP contribution < -0.4 is 5.32 Å². The van der Waals surface area contributed by atoms with Gasteiger partial charge in [0.25, 0.3) is 0 Å². The summed E-state index contributed by atoms with van der Waals surface area (Å²) in [7, 11) is 0. The molecule has 1 aromatic rings. The minimum absolute atomic E-state index is 0.309. The SMILES string of the molecule is CC(C)C(C)NCC(O)COCc1ccccc1Cl. The Hall–Kier alpha value is -0.610. The van der Waals surface area contributed by atoms with Crippen molar-refractivity contribution in [2.45, 2.75) is 39.5 Å². The Balaban J connectivity index is 2.20. The summed E-state index contributed by atoms with van der Waals surface area (Å²) in [5, 5.41) is 13.8. The van der Waals surface area contributed by atoms with Crippen molar-refractivity contribution in [2.24, 2.45) is 5.92 Å². The molecule has 0 fully saturated rings. The molecule has 2 atom stereocenters. The molecule has 3 nitrogen and oxygen atoms in total. The minimum atomic E-state index is -0.497. The van der Waals surface area contributed by atoms with Gasteiger partial charge < -0.3 is 15.2 Å². The summed E-state index contributed by atoms with van der Waals surface area (Å²) in [6.07, 6.45) is -0.497. The van der Waals surface area contributed by atoms with Gasteiger partial charge in [-0.3, -0.25) is 0 Å². The molecule has 0 spiro atoms. The summed E-state index contributed by atoms with van der Waals surface area (Å²) in [4.78, 5) is 0. The summed E-state index contributed by atoms with van der Waals surface area (Å²) < 4.78 is 5.48. The van der Waals surface area contributed by atoms with Gasteiger partial charge in [-0.25, -0.2) is 0 Å². The molecule has 1 aromatic carbocycles. The van der Waals surface area contributed by atoms with Crippen molar-refractivity contribution in [1.29, 1.82) is 0 Å². The zero-order valence-electron chi connectivity index (χ0n) is 11.9. The van der Waals surface area contributed by atoms with Crippen LogP contribution in [0.4, 0.5) is 0 Å². The minimum Gasteiger partial charge on any atom is -0.389 e. The Morgan fingerprint density at radius 2 is 1.95 bits per heavy atom. The van der Waals surface area contributed by atoms with Gasteiger partial charge in [0, 0.05) is 17.6 Å². The quantitative estimate of drug-likeness (QED) is 0.772. The Morgan fingerprint density at radius 3 is 2.58 bits per heavy atom. The van der Waals surface area contributed by atoms with Crippen LogP contribution in [0.1, 0.15) is 26.3 Å². The number of nitrogens with one attached hydrogen (secondary N) is 1. The first-order chi connectivity index (χ1) is 9.00. The number of ether oxygens (including phenoxy) is 1. The molecule has 108 valence electrons. The highest BCUT2D eigenvalue weighted by molar-refractivity contribution is 6.31. The zero-order chi connectivity index (χ0) is 14.3. The molecule has 0 aliphatic rings. The Labute approximate surface area is 120 Å². The lowest BCUT2D eigenvalue weighted by atomic mass is 10.1. The summed E-state index contributed by atoms with van der Waals surface area (Å²) in [6, 6.07) is 7.96. The van der Waals surface area contributed by atoms with Crippen LogP contribution in [0.3, 0.4) is 0 Å². The maximum Gasteiger partial charge on any atom is 0.0897 e. The topological polar surface area (TPSA) is 41.5 Å². The lowest BCUT2D eigenvalue weighted by Crippen LogP contribution is -2.38. The van der Waals surface area contributed by atoms with E-state index in [1.165, 1.54) is 0 Å². The average Bonchev–Trinajstić information content (AvgIpc) is 2.38. The average molecular weight is 286 g/mol. The van der Waals surface area contributed by atoms with Gasteiger partial charge in [0.15, 0.2) is 0 Å². The molecule has 0 bridgehead atoms. The molecule has 0 radical (unpaired) electrons. The molecule has 1 rings (SSSR count). The first-order valence-electron chi connectivity index (χ1n) is 6.73. The smallest absolute Gasteiger partial charge is 0.0897 e. The van der Waals surface area contributed by atoms with E-state index in [1.807, 2.05) is 24.3 Å². The van der Waals surface area contributed by atoms with E-state index in [0.29, 0.717) is 36.7 Å². The van der Waals surface area contributed by atoms with Crippen LogP contribution in [-0.4, -0.2) is 30.4 Å². The lowest BCUT2D eigenvalue weighted by molar-refractivity contribution is 0.0272. The van der Waals surface area contributed by atoms with Crippen molar-refractivity contribution in [3.63, 3.8) is 0 Å². The van der Waals surface area contributed by atoms with Crippen LogP contribution in [-0.2, 0) is 11.3 Å². The first kappa shape index (κ1) is 16.4. The summed E-state index contributed by atoms with van der Waals surface area (Å²) in [5.41, 5.74) is 0.944. The Morgan fingerprint density at radius 1 is 1.26 bits per heavy atom. The van der Waals surface area contributed by atoms with Crippen molar-refractivity contribution >= 4 is 11.6 Å². The second-order valence-corrected chi connectivity index (χ2v) is 5.61. The predicted octanol–water partition coefficient (Wildman–Crippen LogP) is 2.85. The number of benzene rings is 1. The van der Waals surface area contributed by atoms with Gasteiger partial charge in [-0.2, -0.15) is 0 Å². The first-order valence-corrected chi connectivity index (χ1v) is 7.11. The van der Waals surface area contributed by atoms with E-state index in [2.05, 4.69) is 26.1 Å². The molecule has 0 saturated heterocycles. The molecule has 0 aromatic heterocycles. The Bertz CT molecular complexity index is 371. The molecular formula is C15H24ClNO2. The van der Waals surface area contributed by atoms with Gasteiger partial charge in [0.1, 0.15) is 0 Å². The molecule has 4 heteroatoms. The summed E-state index contributed by atoms with van der Waals surface area (Å²) in [5.74, 6) is 0.552. The van der Waals surface area contributed by atoms with E-state index in [1.54, 1.807) is 0 Å². The van der Waals surface area contributed by atoms with Crippen molar-refractivity contribution < 1.29 is 9.84 Å². The molecule has 2 unspecified atom stereocenters. The van der Waals surface area contributed by atoms with E-state index >= 15 is 0 Å². The number of halogens is 1. The number of aliphatic hydroxyl groups excluding tert-OH is 1. The van der Waals surface area contributed by atoms with Crippen LogP contribution in [0.2, 0.25) is 5.02 Å². The standard InChI is InChI=1S/C15H24ClNO2/c1-11(2)12(3)17-8-14(18)10-19-9-13-6-4-5-7-15(13)16/h4-7,11-12,14,17-18H,8-10H2,1-3H3. The predicted molar refractivity (Wildman–Crippen MR) is 79.4 cm³/mol. The highest BCUT2D eigenvalue weighted by Gasteiger charge is 2.10. The van der Waals surface area contributed by atoms with Gasteiger partial charge in [0.2, 0.25) is 0 Å². The third-order valence-corrected chi connectivity index (χ3v) is 3.57. The van der Waals surface area contributed by atoms with E-state index in [4.69, 9.17) is 16.3 Å². The second kappa shape index (κ2) is 8.54. The number of aliphatic hydroxyl groups is 1. The molecule has 0 heterocycles. The molecule has 0 aliphatic carbocycles. The van der Waals surface area contributed by atoms with Gasteiger partial charge >= 0.3 is 0 Å². The molecular weight excluding hydrogens is 262 g/mol. The second-order valence-electron chi connectivity index (χ2n) is 5.20. The number of hydrogen-bond donors (Lipinski definition) is 2. The fourth-order valence-corrected chi connectivity index (χ4v) is 1.73. The van der Waals surface area contributed by atoms with E-state index in [9.17, 15) is 5.11 Å². The molecule has 0 amide bonds. The van der Waals surface area contributed by atoms with Crippen LogP contribution in [0.15, 0.2) is 24.3 Å². The molecule has 19 heavy (non-hydrogen) atoms. The third kappa shape index (κ3) is 6.39. The maximum atomic E-state index is 9.81. The van der Waals surface area contributed by atoms with Crippen LogP contribution in [0.5, 0.6) is 0 Å². The van der Waals surface area contributed by atoms with E-state index in [0.717, 1.165) is 5.56 Å². The highest BCUT2D eigenvalue weighted by Crippen LogP contribution is 2.15. The largest absolute Gasteiger partial charge is 0.389 e. The number of hydrogen-bond acceptors (Lipinski definition) is 3. The van der Waals surface area contributed by atoms with Crippen molar-refractivity contribution in [3.05, 3.63) is 34.9 Å². The fourth-order valence-electron chi connectivity index (χ4n) is 1.54. The van der Waals surface area contributed by atoms with Crippen molar-refractivity contribution in [2.75, 3.05) is 13.2 Å². The number of rotatable bonds is 8. The molecule has 0 aliphatic heterocycles. The van der Waals surface area contributed by atoms with Crippen LogP contribution in [0, 0.1) is 5.92 Å². The summed E-state index contributed by atoms with van der Waals surface area (Å²) >= 11 is 6.02. The lowest BCUT2D eigenvalue weighted by Gasteiger charge is -2.20. The van der Waals surface area contributed by atoms with Gasteiger partial charge in [-0.05, 0) is 24.5 Å². The van der Waals surface area contributed by atoms with Gasteiger partial charge in [0.05, 0.1) is 19.3 Å². The fraction of sp³-hybridized carbons (Fsp3) is 0.600. The van der Waals surface area contributed by atoms with Crippen LogP contribution in [0.25, 0.3) is 0 Å². The van der Waals surface area contributed by atoms with Crippen molar-refractivity contribution in [1.82, 2.24) is 5.32 Å².